The first-order chi connectivity index (χ1) is 8.31. The van der Waals surface area contributed by atoms with Crippen molar-refractivity contribution in [2.75, 3.05) is 12.3 Å². The molecule has 1 N–H and O–H groups in total. The molecule has 0 spiro atoms. The van der Waals surface area contributed by atoms with Gasteiger partial charge in [-0.25, -0.2) is 0 Å². The maximum atomic E-state index is 3.70. The van der Waals surface area contributed by atoms with Gasteiger partial charge in [-0.3, -0.25) is 0 Å². The van der Waals surface area contributed by atoms with Crippen molar-refractivity contribution in [1.29, 1.82) is 0 Å². The first-order valence-electron chi connectivity index (χ1n) is 7.66. The number of thioether (sulfide) groups is 1. The zero-order valence-electron chi connectivity index (χ0n) is 12.0. The predicted molar refractivity (Wildman–Crippen MR) is 80.9 cm³/mol. The molecule has 1 saturated carbocycles. The van der Waals surface area contributed by atoms with Gasteiger partial charge in [0.25, 0.3) is 0 Å². The van der Waals surface area contributed by atoms with Gasteiger partial charge >= 0.3 is 0 Å². The van der Waals surface area contributed by atoms with Crippen LogP contribution in [0, 0.1) is 5.92 Å². The molecule has 0 amide bonds. The Bertz CT molecular complexity index is 184. The zero-order chi connectivity index (χ0) is 12.5. The van der Waals surface area contributed by atoms with Gasteiger partial charge in [-0.05, 0) is 43.9 Å². The van der Waals surface area contributed by atoms with Crippen LogP contribution in [0.5, 0.6) is 0 Å². The van der Waals surface area contributed by atoms with Crippen LogP contribution in [0.15, 0.2) is 0 Å². The van der Waals surface area contributed by atoms with Crippen LogP contribution < -0.4 is 5.32 Å². The second-order valence-electron chi connectivity index (χ2n) is 5.39. The molecule has 1 aliphatic rings. The molecule has 17 heavy (non-hydrogen) atoms. The number of hydrogen-bond donors (Lipinski definition) is 1. The van der Waals surface area contributed by atoms with Crippen molar-refractivity contribution in [3.63, 3.8) is 0 Å². The van der Waals surface area contributed by atoms with Gasteiger partial charge in [0.1, 0.15) is 0 Å². The Labute approximate surface area is 113 Å². The third-order valence-corrected chi connectivity index (χ3v) is 5.37. The fraction of sp³-hybridized carbons (Fsp3) is 1.00. The molecule has 2 heteroatoms. The van der Waals surface area contributed by atoms with Crippen LogP contribution in [-0.4, -0.2) is 23.6 Å². The molecule has 0 aromatic carbocycles. The van der Waals surface area contributed by atoms with Gasteiger partial charge in [0.15, 0.2) is 0 Å². The fourth-order valence-electron chi connectivity index (χ4n) is 2.94. The van der Waals surface area contributed by atoms with Crippen molar-refractivity contribution in [2.45, 2.75) is 77.0 Å². The van der Waals surface area contributed by atoms with Crippen LogP contribution in [-0.2, 0) is 0 Å². The molecular weight excluding hydrogens is 226 g/mol. The molecule has 0 heterocycles. The van der Waals surface area contributed by atoms with E-state index in [1.165, 1.54) is 50.7 Å². The third kappa shape index (κ3) is 5.65. The third-order valence-electron chi connectivity index (χ3n) is 3.89. The van der Waals surface area contributed by atoms with Gasteiger partial charge in [-0.15, -0.1) is 0 Å². The minimum absolute atomic E-state index is 0.787. The monoisotopic (exact) mass is 257 g/mol. The fourth-order valence-corrected chi connectivity index (χ4v) is 4.57. The van der Waals surface area contributed by atoms with E-state index in [0.29, 0.717) is 0 Å². The van der Waals surface area contributed by atoms with Crippen LogP contribution in [0.25, 0.3) is 0 Å². The normalized spacial score (nSPS) is 29.5. The van der Waals surface area contributed by atoms with Gasteiger partial charge in [0, 0.05) is 11.3 Å². The smallest absolute Gasteiger partial charge is 0.0203 e. The lowest BCUT2D eigenvalue weighted by Crippen LogP contribution is -2.42. The first-order valence-corrected chi connectivity index (χ1v) is 8.71. The van der Waals surface area contributed by atoms with Crippen LogP contribution in [0.4, 0.5) is 0 Å². The van der Waals surface area contributed by atoms with Crippen molar-refractivity contribution < 1.29 is 0 Å². The Balaban J connectivity index is 2.38. The molecule has 0 aromatic heterocycles. The zero-order valence-corrected chi connectivity index (χ0v) is 12.8. The van der Waals surface area contributed by atoms with Crippen LogP contribution in [0.1, 0.15) is 65.7 Å². The second-order valence-corrected chi connectivity index (χ2v) is 6.74. The molecule has 0 aromatic rings. The lowest BCUT2D eigenvalue weighted by atomic mass is 9.83. The number of unbranched alkanes of at least 4 members (excludes halogenated alkanes) is 1. The molecule has 1 aliphatic carbocycles. The Morgan fingerprint density at radius 1 is 1.12 bits per heavy atom. The molecule has 1 rings (SSSR count). The maximum Gasteiger partial charge on any atom is 0.0203 e. The van der Waals surface area contributed by atoms with E-state index in [1.54, 1.807) is 0 Å². The molecule has 0 bridgehead atoms. The van der Waals surface area contributed by atoms with E-state index >= 15 is 0 Å². The summed E-state index contributed by atoms with van der Waals surface area (Å²) in [7, 11) is 0. The van der Waals surface area contributed by atoms with E-state index in [-0.39, 0.29) is 0 Å². The van der Waals surface area contributed by atoms with Crippen LogP contribution >= 0.6 is 11.8 Å². The molecule has 3 unspecified atom stereocenters. The minimum atomic E-state index is 0.787. The molecule has 3 atom stereocenters. The summed E-state index contributed by atoms with van der Waals surface area (Å²) in [6, 6.07) is 0.787. The lowest BCUT2D eigenvalue weighted by Gasteiger charge is -2.36. The highest BCUT2D eigenvalue weighted by molar-refractivity contribution is 7.99. The summed E-state index contributed by atoms with van der Waals surface area (Å²) >= 11 is 2.24. The van der Waals surface area contributed by atoms with E-state index in [0.717, 1.165) is 23.8 Å². The van der Waals surface area contributed by atoms with Crippen molar-refractivity contribution >= 4 is 11.8 Å². The summed E-state index contributed by atoms with van der Waals surface area (Å²) in [5, 5.41) is 4.58. The van der Waals surface area contributed by atoms with Crippen molar-refractivity contribution in [1.82, 2.24) is 5.32 Å². The standard InChI is InChI=1S/C15H31NS/c1-4-7-11-17-15-12-13(8-5-2)9-10-14(15)16-6-3/h13-16H,4-12H2,1-3H3. The summed E-state index contributed by atoms with van der Waals surface area (Å²) in [5.74, 6) is 2.37. The highest BCUT2D eigenvalue weighted by Gasteiger charge is 2.29. The largest absolute Gasteiger partial charge is 0.313 e. The Morgan fingerprint density at radius 2 is 1.94 bits per heavy atom. The van der Waals surface area contributed by atoms with E-state index in [9.17, 15) is 0 Å². The van der Waals surface area contributed by atoms with Gasteiger partial charge in [0.2, 0.25) is 0 Å². The summed E-state index contributed by atoms with van der Waals surface area (Å²) < 4.78 is 0. The van der Waals surface area contributed by atoms with E-state index in [1.807, 2.05) is 0 Å². The average molecular weight is 257 g/mol. The highest BCUT2D eigenvalue weighted by atomic mass is 32.2. The van der Waals surface area contributed by atoms with Gasteiger partial charge in [-0.2, -0.15) is 11.8 Å². The number of rotatable bonds is 8. The average Bonchev–Trinajstić information content (AvgIpc) is 2.33. The topological polar surface area (TPSA) is 12.0 Å². The Kier molecular flexibility index (Phi) is 8.38. The highest BCUT2D eigenvalue weighted by Crippen LogP contribution is 2.35. The molecule has 1 nitrogen and oxygen atoms in total. The predicted octanol–water partition coefficient (Wildman–Crippen LogP) is 4.47. The van der Waals surface area contributed by atoms with E-state index in [4.69, 9.17) is 0 Å². The van der Waals surface area contributed by atoms with Crippen molar-refractivity contribution in [2.24, 2.45) is 5.92 Å². The lowest BCUT2D eigenvalue weighted by molar-refractivity contribution is 0.289. The van der Waals surface area contributed by atoms with Gasteiger partial charge in [-0.1, -0.05) is 40.0 Å². The van der Waals surface area contributed by atoms with Gasteiger partial charge in [0.05, 0.1) is 0 Å². The maximum absolute atomic E-state index is 3.70. The second kappa shape index (κ2) is 9.27. The van der Waals surface area contributed by atoms with Crippen molar-refractivity contribution in [3.05, 3.63) is 0 Å². The summed E-state index contributed by atoms with van der Waals surface area (Å²) in [4.78, 5) is 0. The Hall–Kier alpha value is 0.310. The molecule has 0 saturated heterocycles. The summed E-state index contributed by atoms with van der Waals surface area (Å²) in [6.07, 6.45) is 9.85. The SMILES string of the molecule is CCCCSC1CC(CCC)CCC1NCC. The molecular formula is C15H31NS. The quantitative estimate of drug-likeness (QED) is 0.644. The first kappa shape index (κ1) is 15.4. The van der Waals surface area contributed by atoms with Crippen LogP contribution in [0.3, 0.4) is 0 Å². The Morgan fingerprint density at radius 3 is 2.59 bits per heavy atom. The van der Waals surface area contributed by atoms with Crippen LogP contribution in [0.2, 0.25) is 0 Å². The molecule has 0 radical (unpaired) electrons. The number of nitrogens with one attached hydrogen (secondary N) is 1. The van der Waals surface area contributed by atoms with Crippen molar-refractivity contribution in [3.8, 4) is 0 Å². The van der Waals surface area contributed by atoms with Gasteiger partial charge < -0.3 is 5.32 Å². The minimum Gasteiger partial charge on any atom is -0.313 e. The summed E-state index contributed by atoms with van der Waals surface area (Å²) in [5.41, 5.74) is 0. The molecule has 0 aliphatic heterocycles. The van der Waals surface area contributed by atoms with E-state index in [2.05, 4.69) is 37.8 Å². The molecule has 1 fully saturated rings. The molecule has 102 valence electrons. The summed E-state index contributed by atoms with van der Waals surface area (Å²) in [6.45, 7) is 8.00. The van der Waals surface area contributed by atoms with E-state index < -0.39 is 0 Å². The number of hydrogen-bond acceptors (Lipinski definition) is 2.